The molecular weight excluding hydrogens is 439 g/mol. The third kappa shape index (κ3) is 6.56. The number of ether oxygens (including phenoxy) is 1. The average molecular weight is 465 g/mol. The Kier molecular flexibility index (Phi) is 8.20. The summed E-state index contributed by atoms with van der Waals surface area (Å²) in [6, 6.07) is 10.8. The molecule has 29 heavy (non-hydrogen) atoms. The number of hydrogen-bond donors (Lipinski definition) is 1. The molecule has 1 N–H and O–H groups in total. The zero-order valence-corrected chi connectivity index (χ0v) is 18.6. The summed E-state index contributed by atoms with van der Waals surface area (Å²) in [5, 5.41) is 2.79. The van der Waals surface area contributed by atoms with E-state index in [4.69, 9.17) is 4.74 Å². The third-order valence-electron chi connectivity index (χ3n) is 4.39. The minimum atomic E-state index is -0.778. The minimum absolute atomic E-state index is 0.0269. The second-order valence-corrected chi connectivity index (χ2v) is 8.01. The van der Waals surface area contributed by atoms with Crippen LogP contribution in [0.25, 0.3) is 0 Å². The minimum Gasteiger partial charge on any atom is -0.484 e. The Labute approximate surface area is 179 Å². The van der Waals surface area contributed by atoms with Gasteiger partial charge in [-0.3, -0.25) is 9.59 Å². The third-order valence-corrected chi connectivity index (χ3v) is 5.28. The lowest BCUT2D eigenvalue weighted by Gasteiger charge is -2.29. The summed E-state index contributed by atoms with van der Waals surface area (Å²) in [6.07, 6.45) is 0. The van der Waals surface area contributed by atoms with E-state index in [1.54, 1.807) is 31.2 Å². The average Bonchev–Trinajstić information content (AvgIpc) is 2.67. The summed E-state index contributed by atoms with van der Waals surface area (Å²) in [4.78, 5) is 26.7. The molecule has 2 aromatic carbocycles. The van der Waals surface area contributed by atoms with Crippen molar-refractivity contribution in [2.75, 3.05) is 6.61 Å². The van der Waals surface area contributed by atoms with E-state index in [-0.39, 0.29) is 25.1 Å². The molecule has 0 saturated heterocycles. The van der Waals surface area contributed by atoms with Gasteiger partial charge in [-0.05, 0) is 57.5 Å². The monoisotopic (exact) mass is 464 g/mol. The number of halogens is 2. The molecule has 0 bridgehead atoms. The van der Waals surface area contributed by atoms with Gasteiger partial charge in [0.2, 0.25) is 5.91 Å². The fourth-order valence-corrected chi connectivity index (χ4v) is 2.98. The summed E-state index contributed by atoms with van der Waals surface area (Å²) in [7, 11) is 0. The molecule has 1 atom stereocenters. The lowest BCUT2D eigenvalue weighted by molar-refractivity contribution is -0.142. The summed E-state index contributed by atoms with van der Waals surface area (Å²) < 4.78 is 20.7. The quantitative estimate of drug-likeness (QED) is 0.636. The van der Waals surface area contributed by atoms with E-state index < -0.39 is 17.8 Å². The highest BCUT2D eigenvalue weighted by atomic mass is 79.9. The summed E-state index contributed by atoms with van der Waals surface area (Å²) >= 11 is 3.42. The van der Waals surface area contributed by atoms with Gasteiger partial charge in [-0.2, -0.15) is 0 Å². The van der Waals surface area contributed by atoms with Crippen LogP contribution in [0.2, 0.25) is 0 Å². The molecule has 0 aromatic heterocycles. The topological polar surface area (TPSA) is 58.6 Å². The molecule has 5 nitrogen and oxygen atoms in total. The molecule has 0 radical (unpaired) electrons. The van der Waals surface area contributed by atoms with Crippen LogP contribution in [0.3, 0.4) is 0 Å². The number of hydrogen-bond acceptors (Lipinski definition) is 3. The van der Waals surface area contributed by atoms with Crippen LogP contribution in [0, 0.1) is 12.7 Å². The van der Waals surface area contributed by atoms with Gasteiger partial charge in [-0.25, -0.2) is 4.39 Å². The number of carbonyl (C=O) groups is 2. The van der Waals surface area contributed by atoms with Crippen LogP contribution in [0.4, 0.5) is 4.39 Å². The van der Waals surface area contributed by atoms with Gasteiger partial charge in [0.1, 0.15) is 17.6 Å². The van der Waals surface area contributed by atoms with Gasteiger partial charge in [-0.1, -0.05) is 34.1 Å². The predicted molar refractivity (Wildman–Crippen MR) is 114 cm³/mol. The molecule has 2 amide bonds. The molecule has 0 heterocycles. The van der Waals surface area contributed by atoms with Crippen LogP contribution < -0.4 is 10.1 Å². The molecule has 0 saturated carbocycles. The molecule has 0 spiro atoms. The Morgan fingerprint density at radius 2 is 1.86 bits per heavy atom. The van der Waals surface area contributed by atoms with Gasteiger partial charge in [0, 0.05) is 22.6 Å². The van der Waals surface area contributed by atoms with Gasteiger partial charge in [-0.15, -0.1) is 0 Å². The molecule has 156 valence electrons. The smallest absolute Gasteiger partial charge is 0.261 e. The maximum Gasteiger partial charge on any atom is 0.261 e. The first-order valence-electron chi connectivity index (χ1n) is 9.41. The largest absolute Gasteiger partial charge is 0.484 e. The standard InChI is InChI=1S/C22H26BrFN2O3/c1-14(2)25-22(28)16(4)26(12-17-7-5-6-8-20(17)24)21(27)13-29-18-9-10-19(23)15(3)11-18/h5-11,14,16H,12-13H2,1-4H3,(H,25,28). The van der Waals surface area contributed by atoms with Crippen molar-refractivity contribution in [2.45, 2.75) is 46.3 Å². The van der Waals surface area contributed by atoms with E-state index in [9.17, 15) is 14.0 Å². The van der Waals surface area contributed by atoms with Crippen LogP contribution in [-0.2, 0) is 16.1 Å². The molecule has 7 heteroatoms. The van der Waals surface area contributed by atoms with Crippen LogP contribution in [0.5, 0.6) is 5.75 Å². The van der Waals surface area contributed by atoms with Crippen molar-refractivity contribution in [3.63, 3.8) is 0 Å². The van der Waals surface area contributed by atoms with Gasteiger partial charge < -0.3 is 15.0 Å². The van der Waals surface area contributed by atoms with Crippen molar-refractivity contribution in [1.29, 1.82) is 0 Å². The maximum absolute atomic E-state index is 14.1. The Morgan fingerprint density at radius 1 is 1.17 bits per heavy atom. The van der Waals surface area contributed by atoms with Crippen molar-refractivity contribution in [2.24, 2.45) is 0 Å². The number of nitrogens with one attached hydrogen (secondary N) is 1. The van der Waals surface area contributed by atoms with Gasteiger partial charge in [0.05, 0.1) is 0 Å². The van der Waals surface area contributed by atoms with Gasteiger partial charge >= 0.3 is 0 Å². The molecule has 0 aliphatic carbocycles. The van der Waals surface area contributed by atoms with Crippen molar-refractivity contribution in [3.05, 3.63) is 63.9 Å². The Balaban J connectivity index is 2.18. The Morgan fingerprint density at radius 3 is 2.48 bits per heavy atom. The summed E-state index contributed by atoms with van der Waals surface area (Å²) in [6.45, 7) is 6.94. The van der Waals surface area contributed by atoms with Crippen molar-refractivity contribution in [1.82, 2.24) is 10.2 Å². The van der Waals surface area contributed by atoms with E-state index in [0.29, 0.717) is 11.3 Å². The van der Waals surface area contributed by atoms with Crippen molar-refractivity contribution >= 4 is 27.7 Å². The fourth-order valence-electron chi connectivity index (χ4n) is 2.73. The van der Waals surface area contributed by atoms with Crippen molar-refractivity contribution < 1.29 is 18.7 Å². The molecule has 0 fully saturated rings. The van der Waals surface area contributed by atoms with Crippen LogP contribution >= 0.6 is 15.9 Å². The second-order valence-electron chi connectivity index (χ2n) is 7.15. The van der Waals surface area contributed by atoms with E-state index in [1.807, 2.05) is 32.9 Å². The Hall–Kier alpha value is -2.41. The van der Waals surface area contributed by atoms with E-state index in [2.05, 4.69) is 21.2 Å². The molecular formula is C22H26BrFN2O3. The highest BCUT2D eigenvalue weighted by Gasteiger charge is 2.27. The first-order valence-corrected chi connectivity index (χ1v) is 10.2. The van der Waals surface area contributed by atoms with Crippen LogP contribution in [0.1, 0.15) is 31.9 Å². The highest BCUT2D eigenvalue weighted by Crippen LogP contribution is 2.22. The van der Waals surface area contributed by atoms with Crippen molar-refractivity contribution in [3.8, 4) is 5.75 Å². The first-order chi connectivity index (χ1) is 13.7. The molecule has 1 unspecified atom stereocenters. The number of carbonyl (C=O) groups excluding carboxylic acids is 2. The molecule has 2 rings (SSSR count). The lowest BCUT2D eigenvalue weighted by atomic mass is 10.1. The van der Waals surface area contributed by atoms with E-state index in [1.165, 1.54) is 11.0 Å². The number of benzene rings is 2. The molecule has 2 aromatic rings. The second kappa shape index (κ2) is 10.4. The Bertz CT molecular complexity index is 873. The SMILES string of the molecule is Cc1cc(OCC(=O)N(Cc2ccccc2F)C(C)C(=O)NC(C)C)ccc1Br. The lowest BCUT2D eigenvalue weighted by Crippen LogP contribution is -2.50. The number of amides is 2. The summed E-state index contributed by atoms with van der Waals surface area (Å²) in [5.41, 5.74) is 1.31. The van der Waals surface area contributed by atoms with Crippen LogP contribution in [0.15, 0.2) is 46.9 Å². The molecule has 0 aliphatic heterocycles. The first kappa shape index (κ1) is 22.9. The number of nitrogens with zero attached hydrogens (tertiary/aromatic N) is 1. The fraction of sp³-hybridized carbons (Fsp3) is 0.364. The van der Waals surface area contributed by atoms with E-state index in [0.717, 1.165) is 10.0 Å². The predicted octanol–water partition coefficient (Wildman–Crippen LogP) is 4.22. The normalized spacial score (nSPS) is 11.8. The highest BCUT2D eigenvalue weighted by molar-refractivity contribution is 9.10. The number of aryl methyl sites for hydroxylation is 1. The van der Waals surface area contributed by atoms with Gasteiger partial charge in [0.15, 0.2) is 6.61 Å². The zero-order valence-electron chi connectivity index (χ0n) is 17.0. The van der Waals surface area contributed by atoms with Gasteiger partial charge in [0.25, 0.3) is 5.91 Å². The number of rotatable bonds is 8. The zero-order chi connectivity index (χ0) is 21.6. The van der Waals surface area contributed by atoms with E-state index >= 15 is 0 Å². The molecule has 0 aliphatic rings. The summed E-state index contributed by atoms with van der Waals surface area (Å²) in [5.74, 6) is -0.584. The maximum atomic E-state index is 14.1. The van der Waals surface area contributed by atoms with Crippen LogP contribution in [-0.4, -0.2) is 35.4 Å².